The summed E-state index contributed by atoms with van der Waals surface area (Å²) in [5.41, 5.74) is 7.52. The Labute approximate surface area is 110 Å². The first-order valence-electron chi connectivity index (χ1n) is 5.93. The van der Waals surface area contributed by atoms with Crippen LogP contribution in [0.1, 0.15) is 24.6 Å². The Kier molecular flexibility index (Phi) is 4.08. The van der Waals surface area contributed by atoms with Gasteiger partial charge >= 0.3 is 0 Å². The Hall–Kier alpha value is -1.99. The molecule has 2 unspecified atom stereocenters. The van der Waals surface area contributed by atoms with Gasteiger partial charge in [0.05, 0.1) is 18.4 Å². The molecule has 0 spiro atoms. The maximum Gasteiger partial charge on any atom is 0.151 e. The molecule has 7 nitrogen and oxygen atoms in total. The maximum absolute atomic E-state index is 9.06. The van der Waals surface area contributed by atoms with Crippen LogP contribution >= 0.6 is 0 Å². The van der Waals surface area contributed by atoms with Gasteiger partial charge in [0.25, 0.3) is 0 Å². The summed E-state index contributed by atoms with van der Waals surface area (Å²) in [5, 5.41) is 13.2. The van der Waals surface area contributed by atoms with E-state index in [1.807, 2.05) is 18.9 Å². The molecule has 3 rings (SSSR count). The average Bonchev–Trinajstić information content (AvgIpc) is 3.07. The van der Waals surface area contributed by atoms with Gasteiger partial charge in [0.1, 0.15) is 24.7 Å². The Balaban J connectivity index is 0.000000637. The largest absolute Gasteiger partial charge is 0.394 e. The van der Waals surface area contributed by atoms with Crippen LogP contribution < -0.4 is 5.73 Å². The van der Waals surface area contributed by atoms with Gasteiger partial charge in [-0.25, -0.2) is 9.50 Å². The van der Waals surface area contributed by atoms with E-state index in [2.05, 4.69) is 10.1 Å². The maximum atomic E-state index is 9.06. The Morgan fingerprint density at radius 1 is 1.47 bits per heavy atom. The van der Waals surface area contributed by atoms with Gasteiger partial charge in [-0.15, -0.1) is 0 Å². The lowest BCUT2D eigenvalue weighted by Crippen LogP contribution is -2.12. The van der Waals surface area contributed by atoms with Crippen LogP contribution in [0.25, 0.3) is 5.52 Å². The lowest BCUT2D eigenvalue weighted by Gasteiger charge is -2.11. The van der Waals surface area contributed by atoms with Crippen LogP contribution in [0.2, 0.25) is 0 Å². The zero-order valence-corrected chi connectivity index (χ0v) is 10.4. The number of ether oxygens (including phenoxy) is 1. The molecule has 0 aromatic carbocycles. The van der Waals surface area contributed by atoms with Crippen LogP contribution in [0.5, 0.6) is 0 Å². The Bertz CT molecular complexity index is 557. The fourth-order valence-corrected chi connectivity index (χ4v) is 2.27. The molecule has 102 valence electrons. The summed E-state index contributed by atoms with van der Waals surface area (Å²) in [5.74, 6) is 0.461. The van der Waals surface area contributed by atoms with Gasteiger partial charge in [0, 0.05) is 0 Å². The minimum atomic E-state index is -0.0651. The zero-order valence-electron chi connectivity index (χ0n) is 10.4. The molecule has 0 saturated carbocycles. The first-order chi connectivity index (χ1) is 9.29. The van der Waals surface area contributed by atoms with Crippen molar-refractivity contribution in [1.82, 2.24) is 14.6 Å². The van der Waals surface area contributed by atoms with Crippen molar-refractivity contribution in [2.45, 2.75) is 25.0 Å². The molecule has 7 heteroatoms. The van der Waals surface area contributed by atoms with Crippen molar-refractivity contribution in [1.29, 1.82) is 0 Å². The van der Waals surface area contributed by atoms with Crippen LogP contribution in [0.3, 0.4) is 0 Å². The molecule has 2 atom stereocenters. The smallest absolute Gasteiger partial charge is 0.151 e. The molecule has 1 fully saturated rings. The topological polar surface area (TPSA) is 103 Å². The van der Waals surface area contributed by atoms with E-state index in [1.54, 1.807) is 4.52 Å². The van der Waals surface area contributed by atoms with E-state index in [0.717, 1.165) is 24.1 Å². The standard InChI is InChI=1S/C11H14N4O2.CH2O/c12-11-9-3-2-8(15(9)14-6-13-11)10-4-1-7(5-16)17-10;1-2/h2-3,6-7,10,16H,1,4-5H2,(H2,12,13,14);1H2. The van der Waals surface area contributed by atoms with Crippen LogP contribution in [-0.2, 0) is 9.53 Å². The SMILES string of the molecule is C=O.Nc1ncnn2c(C3CCC(CO)O3)ccc12. The highest BCUT2D eigenvalue weighted by Crippen LogP contribution is 2.33. The van der Waals surface area contributed by atoms with Crippen molar-refractivity contribution in [3.05, 3.63) is 24.2 Å². The zero-order chi connectivity index (χ0) is 13.8. The second-order valence-corrected chi connectivity index (χ2v) is 4.21. The number of fused-ring (bicyclic) bond motifs is 1. The molecule has 0 aliphatic carbocycles. The quantitative estimate of drug-likeness (QED) is 0.810. The van der Waals surface area contributed by atoms with E-state index in [9.17, 15) is 0 Å². The van der Waals surface area contributed by atoms with Gasteiger partial charge in [0.2, 0.25) is 0 Å². The van der Waals surface area contributed by atoms with Gasteiger partial charge < -0.3 is 20.4 Å². The Morgan fingerprint density at radius 3 is 2.95 bits per heavy atom. The molecule has 0 bridgehead atoms. The molecule has 2 aromatic rings. The number of carbonyl (C=O) groups excluding carboxylic acids is 1. The highest BCUT2D eigenvalue weighted by molar-refractivity contribution is 5.65. The highest BCUT2D eigenvalue weighted by atomic mass is 16.5. The monoisotopic (exact) mass is 264 g/mol. The van der Waals surface area contributed by atoms with Crippen LogP contribution in [-0.4, -0.2) is 39.2 Å². The van der Waals surface area contributed by atoms with Gasteiger partial charge in [-0.2, -0.15) is 5.10 Å². The molecule has 3 N–H and O–H groups in total. The normalized spacial score (nSPS) is 22.2. The summed E-state index contributed by atoms with van der Waals surface area (Å²) >= 11 is 0. The number of hydrogen-bond donors (Lipinski definition) is 2. The molecule has 3 heterocycles. The third-order valence-corrected chi connectivity index (χ3v) is 3.15. The van der Waals surface area contributed by atoms with E-state index in [0.29, 0.717) is 5.82 Å². The minimum Gasteiger partial charge on any atom is -0.394 e. The molecule has 1 aliphatic heterocycles. The van der Waals surface area contributed by atoms with E-state index in [4.69, 9.17) is 20.4 Å². The fraction of sp³-hybridized carbons (Fsp3) is 0.417. The summed E-state index contributed by atoms with van der Waals surface area (Å²) < 4.78 is 7.49. The number of aliphatic hydroxyl groups is 1. The van der Waals surface area contributed by atoms with E-state index in [-0.39, 0.29) is 18.8 Å². The van der Waals surface area contributed by atoms with Crippen molar-refractivity contribution in [3.63, 3.8) is 0 Å². The molecular formula is C12H16N4O3. The van der Waals surface area contributed by atoms with Crippen molar-refractivity contribution in [2.75, 3.05) is 12.3 Å². The second-order valence-electron chi connectivity index (χ2n) is 4.21. The van der Waals surface area contributed by atoms with E-state index < -0.39 is 0 Å². The number of nitrogens with two attached hydrogens (primary N) is 1. The minimum absolute atomic E-state index is 0.0241. The summed E-state index contributed by atoms with van der Waals surface area (Å²) in [6.07, 6.45) is 3.11. The third kappa shape index (κ3) is 2.42. The van der Waals surface area contributed by atoms with Crippen molar-refractivity contribution in [3.8, 4) is 0 Å². The van der Waals surface area contributed by atoms with Crippen LogP contribution in [0.4, 0.5) is 5.82 Å². The number of hydrogen-bond acceptors (Lipinski definition) is 6. The molecule has 0 radical (unpaired) electrons. The number of nitrogen functional groups attached to an aromatic ring is 1. The number of rotatable bonds is 2. The molecule has 2 aromatic heterocycles. The summed E-state index contributed by atoms with van der Waals surface area (Å²) in [7, 11) is 0. The number of nitrogens with zero attached hydrogens (tertiary/aromatic N) is 3. The lowest BCUT2D eigenvalue weighted by atomic mass is 10.1. The molecule has 1 aliphatic rings. The van der Waals surface area contributed by atoms with Crippen molar-refractivity contribution >= 4 is 18.1 Å². The van der Waals surface area contributed by atoms with Crippen molar-refractivity contribution < 1.29 is 14.6 Å². The van der Waals surface area contributed by atoms with Crippen LogP contribution in [0, 0.1) is 0 Å². The summed E-state index contributed by atoms with van der Waals surface area (Å²) in [6, 6.07) is 3.84. The molecule has 0 amide bonds. The predicted molar refractivity (Wildman–Crippen MR) is 68.5 cm³/mol. The first kappa shape index (κ1) is 13.4. The molecular weight excluding hydrogens is 248 g/mol. The number of anilines is 1. The summed E-state index contributed by atoms with van der Waals surface area (Å²) in [6.45, 7) is 2.07. The highest BCUT2D eigenvalue weighted by Gasteiger charge is 2.28. The van der Waals surface area contributed by atoms with Gasteiger partial charge in [-0.3, -0.25) is 0 Å². The number of aliphatic hydroxyl groups excluding tert-OH is 1. The van der Waals surface area contributed by atoms with Crippen LogP contribution in [0.15, 0.2) is 18.5 Å². The Morgan fingerprint density at radius 2 is 2.26 bits per heavy atom. The van der Waals surface area contributed by atoms with Gasteiger partial charge in [0.15, 0.2) is 5.82 Å². The van der Waals surface area contributed by atoms with Gasteiger partial charge in [-0.1, -0.05) is 0 Å². The predicted octanol–water partition coefficient (Wildman–Crippen LogP) is 0.339. The first-order valence-corrected chi connectivity index (χ1v) is 5.93. The van der Waals surface area contributed by atoms with E-state index in [1.165, 1.54) is 6.33 Å². The lowest BCUT2D eigenvalue weighted by molar-refractivity contribution is -0.0979. The molecule has 19 heavy (non-hydrogen) atoms. The third-order valence-electron chi connectivity index (χ3n) is 3.15. The second kappa shape index (κ2) is 5.77. The number of aromatic nitrogens is 3. The fourth-order valence-electron chi connectivity index (χ4n) is 2.27. The molecule has 1 saturated heterocycles. The van der Waals surface area contributed by atoms with E-state index >= 15 is 0 Å². The summed E-state index contributed by atoms with van der Waals surface area (Å²) in [4.78, 5) is 11.9. The average molecular weight is 264 g/mol. The van der Waals surface area contributed by atoms with Gasteiger partial charge in [-0.05, 0) is 25.0 Å². The number of carbonyl (C=O) groups is 1. The van der Waals surface area contributed by atoms with Crippen molar-refractivity contribution in [2.24, 2.45) is 0 Å².